The van der Waals surface area contributed by atoms with Crippen molar-refractivity contribution < 1.29 is 22.7 Å². The summed E-state index contributed by atoms with van der Waals surface area (Å²) in [5.74, 6) is -2.15. The van der Waals surface area contributed by atoms with E-state index in [2.05, 4.69) is 0 Å². The van der Waals surface area contributed by atoms with Crippen molar-refractivity contribution in [2.45, 2.75) is 14.7 Å². The van der Waals surface area contributed by atoms with Crippen LogP contribution in [-0.4, -0.2) is 25.7 Å². The van der Waals surface area contributed by atoms with Gasteiger partial charge in [0.25, 0.3) is 0 Å². The van der Waals surface area contributed by atoms with Crippen molar-refractivity contribution in [3.63, 3.8) is 0 Å². The minimum absolute atomic E-state index is 0.171. The number of aromatic carboxylic acids is 1. The summed E-state index contributed by atoms with van der Waals surface area (Å²) in [5, 5.41) is 9.04. The fourth-order valence-corrected chi connectivity index (χ4v) is 3.27. The lowest BCUT2D eigenvalue weighted by atomic mass is 10.2. The lowest BCUT2D eigenvalue weighted by Gasteiger charge is -2.07. The summed E-state index contributed by atoms with van der Waals surface area (Å²) >= 11 is 1.06. The number of halogens is 1. The summed E-state index contributed by atoms with van der Waals surface area (Å²) < 4.78 is 36.3. The Bertz CT molecular complexity index is 783. The van der Waals surface area contributed by atoms with Gasteiger partial charge in [-0.25, -0.2) is 17.6 Å². The van der Waals surface area contributed by atoms with E-state index >= 15 is 0 Å². The smallest absolute Gasteiger partial charge is 0.339 e. The molecule has 0 bridgehead atoms. The van der Waals surface area contributed by atoms with Gasteiger partial charge >= 0.3 is 5.97 Å². The van der Waals surface area contributed by atoms with Gasteiger partial charge < -0.3 is 5.11 Å². The molecule has 0 unspecified atom stereocenters. The molecule has 0 aliphatic heterocycles. The maximum Gasteiger partial charge on any atom is 0.339 e. The third kappa shape index (κ3) is 3.62. The highest BCUT2D eigenvalue weighted by Crippen LogP contribution is 2.32. The zero-order valence-electron chi connectivity index (χ0n) is 10.9. The Morgan fingerprint density at radius 1 is 1.14 bits per heavy atom. The Kier molecular flexibility index (Phi) is 4.34. The lowest BCUT2D eigenvalue weighted by Crippen LogP contribution is -2.02. The summed E-state index contributed by atoms with van der Waals surface area (Å²) in [4.78, 5) is 12.1. The number of benzene rings is 2. The monoisotopic (exact) mass is 326 g/mol. The summed E-state index contributed by atoms with van der Waals surface area (Å²) in [5.41, 5.74) is -0.394. The van der Waals surface area contributed by atoms with Crippen LogP contribution in [0.3, 0.4) is 0 Å². The summed E-state index contributed by atoms with van der Waals surface area (Å²) in [7, 11) is -3.28. The number of carboxylic acids is 1. The van der Waals surface area contributed by atoms with Crippen molar-refractivity contribution in [2.75, 3.05) is 6.26 Å². The molecule has 0 aromatic heterocycles. The molecule has 0 saturated heterocycles. The van der Waals surface area contributed by atoms with E-state index in [-0.39, 0.29) is 9.79 Å². The van der Waals surface area contributed by atoms with E-state index in [9.17, 15) is 17.6 Å². The van der Waals surface area contributed by atoms with Crippen LogP contribution < -0.4 is 0 Å². The molecule has 1 N–H and O–H groups in total. The SMILES string of the molecule is CS(=O)(=O)c1ccc(Sc2cccc(F)c2C(=O)O)cc1. The molecule has 0 aliphatic rings. The van der Waals surface area contributed by atoms with Crippen LogP contribution in [0.1, 0.15) is 10.4 Å². The summed E-state index contributed by atoms with van der Waals surface area (Å²) in [6.45, 7) is 0. The van der Waals surface area contributed by atoms with Gasteiger partial charge in [0.2, 0.25) is 0 Å². The maximum atomic E-state index is 13.6. The fraction of sp³-hybridized carbons (Fsp3) is 0.0714. The molecular formula is C14H11FO4S2. The second-order valence-electron chi connectivity index (χ2n) is 4.26. The van der Waals surface area contributed by atoms with Crippen LogP contribution in [0.2, 0.25) is 0 Å². The highest BCUT2D eigenvalue weighted by Gasteiger charge is 2.16. The van der Waals surface area contributed by atoms with E-state index in [1.165, 1.54) is 24.3 Å². The Morgan fingerprint density at radius 3 is 2.29 bits per heavy atom. The molecule has 0 aliphatic carbocycles. The molecule has 7 heteroatoms. The van der Waals surface area contributed by atoms with Crippen LogP contribution in [0, 0.1) is 5.82 Å². The van der Waals surface area contributed by atoms with Gasteiger partial charge in [-0.2, -0.15) is 0 Å². The Labute approximate surface area is 125 Å². The largest absolute Gasteiger partial charge is 0.478 e. The highest BCUT2D eigenvalue weighted by atomic mass is 32.2. The van der Waals surface area contributed by atoms with Crippen LogP contribution in [0.4, 0.5) is 4.39 Å². The van der Waals surface area contributed by atoms with Crippen LogP contribution >= 0.6 is 11.8 Å². The van der Waals surface area contributed by atoms with Crippen molar-refractivity contribution in [1.82, 2.24) is 0 Å². The molecule has 2 aromatic carbocycles. The third-order valence-corrected chi connectivity index (χ3v) is 4.87. The number of rotatable bonds is 4. The minimum atomic E-state index is -3.28. The Hall–Kier alpha value is -1.86. The van der Waals surface area contributed by atoms with E-state index in [0.29, 0.717) is 4.90 Å². The Balaban J connectivity index is 2.35. The third-order valence-electron chi connectivity index (χ3n) is 2.67. The van der Waals surface area contributed by atoms with E-state index in [1.54, 1.807) is 12.1 Å². The number of hydrogen-bond acceptors (Lipinski definition) is 4. The second-order valence-corrected chi connectivity index (χ2v) is 7.39. The molecule has 0 spiro atoms. The van der Waals surface area contributed by atoms with E-state index in [1.807, 2.05) is 0 Å². The van der Waals surface area contributed by atoms with Gasteiger partial charge in [-0.15, -0.1) is 0 Å². The molecule has 2 rings (SSSR count). The van der Waals surface area contributed by atoms with Gasteiger partial charge in [0.15, 0.2) is 9.84 Å². The molecule has 0 heterocycles. The van der Waals surface area contributed by atoms with E-state index in [0.717, 1.165) is 24.1 Å². The topological polar surface area (TPSA) is 71.4 Å². The van der Waals surface area contributed by atoms with Gasteiger partial charge in [-0.05, 0) is 36.4 Å². The average Bonchev–Trinajstić information content (AvgIpc) is 2.38. The number of carboxylic acid groups (broad SMARTS) is 1. The van der Waals surface area contributed by atoms with Crippen molar-refractivity contribution in [1.29, 1.82) is 0 Å². The first-order valence-corrected chi connectivity index (χ1v) is 8.49. The number of carbonyl (C=O) groups is 1. The zero-order valence-corrected chi connectivity index (χ0v) is 12.5. The molecular weight excluding hydrogens is 315 g/mol. The summed E-state index contributed by atoms with van der Waals surface area (Å²) in [6.07, 6.45) is 1.10. The van der Waals surface area contributed by atoms with Crippen molar-refractivity contribution in [3.8, 4) is 0 Å². The maximum absolute atomic E-state index is 13.6. The first kappa shape index (κ1) is 15.5. The quantitative estimate of drug-likeness (QED) is 0.935. The average molecular weight is 326 g/mol. The van der Waals surface area contributed by atoms with Crippen LogP contribution in [0.15, 0.2) is 57.2 Å². The molecule has 0 amide bonds. The predicted octanol–water partition coefficient (Wildman–Crippen LogP) is 3.08. The number of sulfone groups is 1. The van der Waals surface area contributed by atoms with E-state index in [4.69, 9.17) is 5.11 Å². The van der Waals surface area contributed by atoms with Gasteiger partial charge in [-0.1, -0.05) is 17.8 Å². The molecule has 2 aromatic rings. The first-order valence-electron chi connectivity index (χ1n) is 5.79. The second kappa shape index (κ2) is 5.87. The van der Waals surface area contributed by atoms with Gasteiger partial charge in [0, 0.05) is 16.0 Å². The minimum Gasteiger partial charge on any atom is -0.478 e. The lowest BCUT2D eigenvalue weighted by molar-refractivity contribution is 0.0688. The molecule has 0 fully saturated rings. The van der Waals surface area contributed by atoms with Crippen molar-refractivity contribution >= 4 is 27.6 Å². The predicted molar refractivity (Wildman–Crippen MR) is 77.0 cm³/mol. The summed E-state index contributed by atoms with van der Waals surface area (Å²) in [6, 6.07) is 9.97. The van der Waals surface area contributed by atoms with Gasteiger partial charge in [0.05, 0.1) is 4.90 Å². The standard InChI is InChI=1S/C14H11FO4S2/c1-21(18,19)10-7-5-9(6-8-10)20-12-4-2-3-11(15)13(12)14(16)17/h2-8H,1H3,(H,16,17). The first-order chi connectivity index (χ1) is 9.79. The molecule has 0 saturated carbocycles. The Morgan fingerprint density at radius 2 is 1.76 bits per heavy atom. The van der Waals surface area contributed by atoms with Crippen LogP contribution in [0.5, 0.6) is 0 Å². The van der Waals surface area contributed by atoms with Crippen molar-refractivity contribution in [3.05, 3.63) is 53.8 Å². The zero-order chi connectivity index (χ0) is 15.6. The highest BCUT2D eigenvalue weighted by molar-refractivity contribution is 7.99. The normalized spacial score (nSPS) is 11.3. The van der Waals surface area contributed by atoms with Crippen LogP contribution in [0.25, 0.3) is 0 Å². The van der Waals surface area contributed by atoms with Gasteiger partial charge in [-0.3, -0.25) is 0 Å². The number of hydrogen-bond donors (Lipinski definition) is 1. The molecule has 21 heavy (non-hydrogen) atoms. The van der Waals surface area contributed by atoms with Crippen molar-refractivity contribution in [2.24, 2.45) is 0 Å². The van der Waals surface area contributed by atoms with Crippen LogP contribution in [-0.2, 0) is 9.84 Å². The molecule has 0 atom stereocenters. The van der Waals surface area contributed by atoms with Gasteiger partial charge in [0.1, 0.15) is 11.4 Å². The molecule has 110 valence electrons. The molecule has 0 radical (unpaired) electrons. The molecule has 4 nitrogen and oxygen atoms in total. The fourth-order valence-electron chi connectivity index (χ4n) is 1.68. The van der Waals surface area contributed by atoms with E-state index < -0.39 is 27.2 Å².